The van der Waals surface area contributed by atoms with E-state index in [-0.39, 0.29) is 5.92 Å². The van der Waals surface area contributed by atoms with Gasteiger partial charge in [-0.1, -0.05) is 72.3 Å². The number of ether oxygens (including phenoxy) is 2. The lowest BCUT2D eigenvalue weighted by molar-refractivity contribution is -0.148. The molecular formula is C25H17ClO2. The van der Waals surface area contributed by atoms with Crippen molar-refractivity contribution in [1.82, 2.24) is 0 Å². The monoisotopic (exact) mass is 384 g/mol. The molecule has 0 saturated carbocycles. The topological polar surface area (TPSA) is 18.5 Å². The lowest BCUT2D eigenvalue weighted by Gasteiger charge is -2.46. The van der Waals surface area contributed by atoms with Crippen molar-refractivity contribution in [3.8, 4) is 11.5 Å². The minimum absolute atomic E-state index is 0.150. The number of benzene rings is 4. The molecule has 2 aliphatic rings. The molecule has 0 N–H and O–H groups in total. The number of rotatable bonds is 1. The molecule has 4 aromatic rings. The van der Waals surface area contributed by atoms with Crippen LogP contribution in [-0.2, 0) is 5.79 Å². The van der Waals surface area contributed by atoms with Gasteiger partial charge in [0.15, 0.2) is 0 Å². The Kier molecular flexibility index (Phi) is 3.30. The van der Waals surface area contributed by atoms with Crippen LogP contribution in [0.5, 0.6) is 11.5 Å². The number of halogens is 1. The Labute approximate surface area is 168 Å². The molecule has 3 heteroatoms. The van der Waals surface area contributed by atoms with Gasteiger partial charge in [-0.3, -0.25) is 0 Å². The lowest BCUT2D eigenvalue weighted by Crippen LogP contribution is -2.46. The highest BCUT2D eigenvalue weighted by Crippen LogP contribution is 2.56. The van der Waals surface area contributed by atoms with E-state index in [1.165, 1.54) is 16.3 Å². The second-order valence-electron chi connectivity index (χ2n) is 7.46. The zero-order valence-corrected chi connectivity index (χ0v) is 15.8. The van der Waals surface area contributed by atoms with Crippen molar-refractivity contribution in [3.63, 3.8) is 0 Å². The van der Waals surface area contributed by atoms with Crippen LogP contribution < -0.4 is 9.47 Å². The van der Waals surface area contributed by atoms with Gasteiger partial charge in [0.2, 0.25) is 0 Å². The van der Waals surface area contributed by atoms with Crippen LogP contribution in [-0.4, -0.2) is 0 Å². The predicted molar refractivity (Wildman–Crippen MR) is 111 cm³/mol. The molecule has 2 bridgehead atoms. The van der Waals surface area contributed by atoms with Gasteiger partial charge in [0.05, 0.1) is 0 Å². The third-order valence-corrected chi connectivity index (χ3v) is 6.10. The van der Waals surface area contributed by atoms with Gasteiger partial charge in [-0.25, -0.2) is 0 Å². The number of hydrogen-bond acceptors (Lipinski definition) is 2. The number of fused-ring (bicyclic) bond motifs is 8. The molecule has 6 rings (SSSR count). The molecule has 0 fully saturated rings. The molecule has 0 amide bonds. The van der Waals surface area contributed by atoms with Crippen LogP contribution in [0, 0.1) is 0 Å². The highest BCUT2D eigenvalue weighted by Gasteiger charge is 2.50. The summed E-state index contributed by atoms with van der Waals surface area (Å²) in [5.74, 6) is 1.03. The Balaban J connectivity index is 1.67. The summed E-state index contributed by atoms with van der Waals surface area (Å²) in [5, 5.41) is 3.16. The average Bonchev–Trinajstić information content (AvgIpc) is 2.74. The molecule has 2 heterocycles. The van der Waals surface area contributed by atoms with Crippen LogP contribution in [0.25, 0.3) is 10.8 Å². The smallest absolute Gasteiger partial charge is 0.278 e. The van der Waals surface area contributed by atoms with Crippen molar-refractivity contribution in [1.29, 1.82) is 0 Å². The van der Waals surface area contributed by atoms with Crippen LogP contribution in [0.4, 0.5) is 0 Å². The van der Waals surface area contributed by atoms with E-state index >= 15 is 0 Å². The van der Waals surface area contributed by atoms with Gasteiger partial charge in [-0.2, -0.15) is 0 Å². The van der Waals surface area contributed by atoms with Crippen LogP contribution in [0.1, 0.15) is 29.0 Å². The van der Waals surface area contributed by atoms with Crippen molar-refractivity contribution >= 4 is 22.4 Å². The minimum Gasteiger partial charge on any atom is -0.448 e. The maximum absolute atomic E-state index is 6.62. The van der Waals surface area contributed by atoms with Gasteiger partial charge < -0.3 is 9.47 Å². The molecule has 0 aromatic heterocycles. The summed E-state index contributed by atoms with van der Waals surface area (Å²) in [6.45, 7) is 0. The average molecular weight is 385 g/mol. The summed E-state index contributed by atoms with van der Waals surface area (Å²) in [7, 11) is 0. The second kappa shape index (κ2) is 5.76. The summed E-state index contributed by atoms with van der Waals surface area (Å²) in [4.78, 5) is 0. The molecule has 0 saturated heterocycles. The molecule has 4 aromatic carbocycles. The summed E-state index contributed by atoms with van der Waals surface area (Å²) in [6.07, 6.45) is 0.714. The maximum Gasteiger partial charge on any atom is 0.278 e. The van der Waals surface area contributed by atoms with E-state index in [1.54, 1.807) is 0 Å². The van der Waals surface area contributed by atoms with Gasteiger partial charge in [-0.15, -0.1) is 0 Å². The molecule has 136 valence electrons. The Morgan fingerprint density at radius 2 is 1.54 bits per heavy atom. The van der Waals surface area contributed by atoms with Gasteiger partial charge in [0, 0.05) is 34.1 Å². The Hall–Kier alpha value is -2.97. The molecule has 28 heavy (non-hydrogen) atoms. The molecule has 0 aliphatic carbocycles. The van der Waals surface area contributed by atoms with E-state index in [4.69, 9.17) is 21.1 Å². The molecule has 0 unspecified atom stereocenters. The van der Waals surface area contributed by atoms with E-state index in [2.05, 4.69) is 48.5 Å². The third kappa shape index (κ3) is 2.22. The highest BCUT2D eigenvalue weighted by atomic mass is 35.5. The first-order chi connectivity index (χ1) is 13.7. The fourth-order valence-corrected chi connectivity index (χ4v) is 4.81. The van der Waals surface area contributed by atoms with Crippen molar-refractivity contribution < 1.29 is 9.47 Å². The largest absolute Gasteiger partial charge is 0.448 e. The van der Waals surface area contributed by atoms with Gasteiger partial charge in [0.25, 0.3) is 5.79 Å². The first-order valence-corrected chi connectivity index (χ1v) is 9.86. The molecule has 2 nitrogen and oxygen atoms in total. The summed E-state index contributed by atoms with van der Waals surface area (Å²) < 4.78 is 13.1. The number of hydrogen-bond donors (Lipinski definition) is 0. The third-order valence-electron chi connectivity index (χ3n) is 5.86. The summed E-state index contributed by atoms with van der Waals surface area (Å²) in [6, 6.07) is 28.7. The first kappa shape index (κ1) is 16.0. The van der Waals surface area contributed by atoms with Crippen LogP contribution >= 0.6 is 11.6 Å². The summed E-state index contributed by atoms with van der Waals surface area (Å²) in [5.41, 5.74) is 3.37. The van der Waals surface area contributed by atoms with Crippen molar-refractivity contribution in [2.45, 2.75) is 18.1 Å². The van der Waals surface area contributed by atoms with E-state index in [1.807, 2.05) is 36.4 Å². The van der Waals surface area contributed by atoms with E-state index < -0.39 is 5.79 Å². The van der Waals surface area contributed by atoms with Gasteiger partial charge in [0.1, 0.15) is 11.5 Å². The second-order valence-corrected chi connectivity index (χ2v) is 7.90. The zero-order chi connectivity index (χ0) is 18.7. The van der Waals surface area contributed by atoms with Crippen molar-refractivity contribution in [2.75, 3.05) is 0 Å². The maximum atomic E-state index is 6.62. The minimum atomic E-state index is -0.831. The highest BCUT2D eigenvalue weighted by molar-refractivity contribution is 6.30. The van der Waals surface area contributed by atoms with Gasteiger partial charge in [-0.05, 0) is 35.0 Å². The Bertz CT molecular complexity index is 1220. The molecular weight excluding hydrogens is 368 g/mol. The molecule has 0 radical (unpaired) electrons. The fourth-order valence-electron chi connectivity index (χ4n) is 4.63. The predicted octanol–water partition coefficient (Wildman–Crippen LogP) is 6.65. The van der Waals surface area contributed by atoms with Crippen LogP contribution in [0.2, 0.25) is 5.02 Å². The Morgan fingerprint density at radius 3 is 2.43 bits per heavy atom. The van der Waals surface area contributed by atoms with E-state index in [0.29, 0.717) is 6.42 Å². The Morgan fingerprint density at radius 1 is 0.786 bits per heavy atom. The van der Waals surface area contributed by atoms with Crippen molar-refractivity contribution in [3.05, 3.63) is 107 Å². The fraction of sp³-hybridized carbons (Fsp3) is 0.120. The first-order valence-electron chi connectivity index (χ1n) is 9.48. The van der Waals surface area contributed by atoms with E-state index in [0.717, 1.165) is 27.6 Å². The summed E-state index contributed by atoms with van der Waals surface area (Å²) >= 11 is 6.36. The van der Waals surface area contributed by atoms with Crippen LogP contribution in [0.3, 0.4) is 0 Å². The standard InChI is InChI=1S/C25H17ClO2/c26-18-11-13-22-20(14-18)21-15-25(27-22,17-7-2-1-3-8-17)28-23-12-10-16-6-4-5-9-19(16)24(21)23/h1-14,21H,15H2/t21-,25-/m0/s1. The molecule has 2 aliphatic heterocycles. The van der Waals surface area contributed by atoms with Crippen molar-refractivity contribution in [2.24, 2.45) is 0 Å². The molecule has 0 spiro atoms. The van der Waals surface area contributed by atoms with Gasteiger partial charge >= 0.3 is 0 Å². The quantitative estimate of drug-likeness (QED) is 0.365. The lowest BCUT2D eigenvalue weighted by atomic mass is 9.77. The SMILES string of the molecule is Clc1ccc2c(c1)[C@@H]1C[C@](c3ccccc3)(O2)Oc2ccc3ccccc3c21. The molecule has 2 atom stereocenters. The normalized spacial score (nSPS) is 22.0. The van der Waals surface area contributed by atoms with Crippen LogP contribution in [0.15, 0.2) is 84.9 Å². The van der Waals surface area contributed by atoms with E-state index in [9.17, 15) is 0 Å². The zero-order valence-electron chi connectivity index (χ0n) is 15.1.